The zero-order chi connectivity index (χ0) is 21.6. The second-order valence-corrected chi connectivity index (χ2v) is 10.4. The molecule has 160 valence electrons. The van der Waals surface area contributed by atoms with Crippen LogP contribution in [0, 0.1) is 5.92 Å². The highest BCUT2D eigenvalue weighted by molar-refractivity contribution is 6.62. The molecule has 0 N–H and O–H groups in total. The van der Waals surface area contributed by atoms with Crippen molar-refractivity contribution in [3.8, 4) is 0 Å². The van der Waals surface area contributed by atoms with Gasteiger partial charge in [0.15, 0.2) is 0 Å². The summed E-state index contributed by atoms with van der Waals surface area (Å²) in [6.07, 6.45) is 2.51. The Balaban J connectivity index is 1.63. The molecule has 3 heterocycles. The summed E-state index contributed by atoms with van der Waals surface area (Å²) >= 11 is 0. The van der Waals surface area contributed by atoms with Crippen LogP contribution in [0.2, 0.25) is 0 Å². The lowest BCUT2D eigenvalue weighted by Gasteiger charge is -2.37. The number of hydrogen-bond acceptors (Lipinski definition) is 5. The van der Waals surface area contributed by atoms with Gasteiger partial charge < -0.3 is 18.9 Å². The summed E-state index contributed by atoms with van der Waals surface area (Å²) in [4.78, 5) is 18.9. The maximum Gasteiger partial charge on any atom is 0.496 e. The number of carbonyl (C=O) groups excluding carboxylic acids is 1. The van der Waals surface area contributed by atoms with Crippen molar-refractivity contribution in [2.24, 2.45) is 5.92 Å². The van der Waals surface area contributed by atoms with Gasteiger partial charge in [0.1, 0.15) is 5.60 Å². The smallest absolute Gasteiger partial charge is 0.444 e. The van der Waals surface area contributed by atoms with Crippen LogP contribution in [0.4, 0.5) is 4.79 Å². The van der Waals surface area contributed by atoms with Gasteiger partial charge in [0.05, 0.1) is 11.2 Å². The Morgan fingerprint density at radius 3 is 2.31 bits per heavy atom. The first-order valence-electron chi connectivity index (χ1n) is 10.6. The van der Waals surface area contributed by atoms with E-state index < -0.39 is 12.7 Å². The summed E-state index contributed by atoms with van der Waals surface area (Å²) in [6, 6.07) is 4.13. The van der Waals surface area contributed by atoms with E-state index in [2.05, 4.69) is 46.8 Å². The number of likely N-dealkylation sites (tertiary alicyclic amines) is 1. The lowest BCUT2D eigenvalue weighted by Crippen LogP contribution is -2.44. The molecule has 3 rings (SSSR count). The molecule has 2 saturated heterocycles. The number of ether oxygens (including phenoxy) is 1. The Bertz CT molecular complexity index is 726. The van der Waals surface area contributed by atoms with Crippen molar-refractivity contribution in [1.82, 2.24) is 9.88 Å². The number of hydrogen-bond donors (Lipinski definition) is 0. The fourth-order valence-electron chi connectivity index (χ4n) is 3.83. The normalized spacial score (nSPS) is 26.5. The van der Waals surface area contributed by atoms with Crippen LogP contribution in [0.1, 0.15) is 73.4 Å². The number of carbonyl (C=O) groups is 1. The van der Waals surface area contributed by atoms with Gasteiger partial charge >= 0.3 is 13.2 Å². The van der Waals surface area contributed by atoms with Gasteiger partial charge in [-0.3, -0.25) is 4.98 Å². The first-order chi connectivity index (χ1) is 13.3. The maximum atomic E-state index is 12.4. The highest BCUT2D eigenvalue weighted by Gasteiger charge is 2.51. The Hall–Kier alpha value is -1.60. The first kappa shape index (κ1) is 22.1. The van der Waals surface area contributed by atoms with E-state index in [1.54, 1.807) is 0 Å². The van der Waals surface area contributed by atoms with Gasteiger partial charge in [-0.1, -0.05) is 13.0 Å². The van der Waals surface area contributed by atoms with Gasteiger partial charge in [-0.2, -0.15) is 0 Å². The molecule has 1 aromatic heterocycles. The van der Waals surface area contributed by atoms with Crippen LogP contribution in [0.5, 0.6) is 0 Å². The second kappa shape index (κ2) is 7.58. The molecule has 0 aromatic carbocycles. The third-order valence-corrected chi connectivity index (χ3v) is 6.27. The fraction of sp³-hybridized carbons (Fsp3) is 0.727. The van der Waals surface area contributed by atoms with E-state index in [0.717, 1.165) is 17.6 Å². The van der Waals surface area contributed by atoms with Crippen LogP contribution >= 0.6 is 0 Å². The lowest BCUT2D eigenvalue weighted by molar-refractivity contribution is 0.00578. The van der Waals surface area contributed by atoms with Crippen molar-refractivity contribution < 1.29 is 18.8 Å². The van der Waals surface area contributed by atoms with E-state index >= 15 is 0 Å². The van der Waals surface area contributed by atoms with Crippen molar-refractivity contribution >= 4 is 18.7 Å². The summed E-state index contributed by atoms with van der Waals surface area (Å²) in [5, 5.41) is 0. The highest BCUT2D eigenvalue weighted by Crippen LogP contribution is 2.37. The molecule has 0 spiro atoms. The molecule has 0 radical (unpaired) electrons. The second-order valence-electron chi connectivity index (χ2n) is 10.4. The predicted octanol–water partition coefficient (Wildman–Crippen LogP) is 3.74. The third kappa shape index (κ3) is 4.77. The molecule has 2 unspecified atom stereocenters. The van der Waals surface area contributed by atoms with E-state index in [4.69, 9.17) is 19.0 Å². The van der Waals surface area contributed by atoms with Gasteiger partial charge in [0, 0.05) is 36.4 Å². The molecule has 2 aliphatic rings. The number of rotatable bonds is 2. The maximum absolute atomic E-state index is 12.4. The predicted molar refractivity (Wildman–Crippen MR) is 114 cm³/mol. The van der Waals surface area contributed by atoms with Crippen LogP contribution in [0.25, 0.3) is 0 Å². The highest BCUT2D eigenvalue weighted by atomic mass is 16.7. The minimum atomic E-state index is -0.470. The molecular weight excluding hydrogens is 367 g/mol. The summed E-state index contributed by atoms with van der Waals surface area (Å²) in [5.74, 6) is 0.632. The van der Waals surface area contributed by atoms with Crippen molar-refractivity contribution in [3.63, 3.8) is 0 Å². The fourth-order valence-corrected chi connectivity index (χ4v) is 3.83. The Morgan fingerprint density at radius 2 is 1.83 bits per heavy atom. The van der Waals surface area contributed by atoms with E-state index in [1.807, 2.05) is 31.9 Å². The number of aromatic nitrogens is 1. The molecule has 2 atom stereocenters. The summed E-state index contributed by atoms with van der Waals surface area (Å²) in [5.41, 5.74) is 0.800. The quantitative estimate of drug-likeness (QED) is 0.706. The molecule has 7 heteroatoms. The number of nitrogens with zero attached hydrogens (tertiary/aromatic N) is 2. The monoisotopic (exact) mass is 402 g/mol. The first-order valence-corrected chi connectivity index (χ1v) is 10.6. The zero-order valence-corrected chi connectivity index (χ0v) is 19.1. The molecule has 6 nitrogen and oxygen atoms in total. The van der Waals surface area contributed by atoms with E-state index in [-0.39, 0.29) is 17.3 Å². The van der Waals surface area contributed by atoms with Crippen molar-refractivity contribution in [2.45, 2.75) is 84.5 Å². The Labute approximate surface area is 175 Å². The van der Waals surface area contributed by atoms with Crippen LogP contribution < -0.4 is 5.46 Å². The molecule has 0 bridgehead atoms. The number of pyridine rings is 1. The molecule has 0 aliphatic carbocycles. The molecule has 29 heavy (non-hydrogen) atoms. The van der Waals surface area contributed by atoms with Crippen molar-refractivity contribution in [3.05, 3.63) is 24.0 Å². The van der Waals surface area contributed by atoms with E-state index in [1.165, 1.54) is 0 Å². The summed E-state index contributed by atoms with van der Waals surface area (Å²) in [7, 11) is -0.395. The van der Waals surface area contributed by atoms with Crippen molar-refractivity contribution in [2.75, 3.05) is 13.1 Å². The standard InChI is InChI=1S/C22H35BN2O4/c1-15-14-25(19(26)27-20(2,3)4)12-11-17(15)18-10-9-16(13-24-18)23-28-21(5,6)22(7,8)29-23/h9-10,13,15,17H,11-12,14H2,1-8H3. The van der Waals surface area contributed by atoms with Crippen LogP contribution in [0.3, 0.4) is 0 Å². The molecule has 1 aromatic rings. The van der Waals surface area contributed by atoms with Crippen LogP contribution in [0.15, 0.2) is 18.3 Å². The minimum Gasteiger partial charge on any atom is -0.444 e. The molecule has 2 aliphatic heterocycles. The molecular formula is C22H35BN2O4. The summed E-state index contributed by atoms with van der Waals surface area (Å²) < 4.78 is 17.7. The van der Waals surface area contributed by atoms with Gasteiger partial charge in [-0.15, -0.1) is 0 Å². The van der Waals surface area contributed by atoms with E-state index in [0.29, 0.717) is 24.9 Å². The zero-order valence-electron chi connectivity index (χ0n) is 19.1. The molecule has 2 fully saturated rings. The van der Waals surface area contributed by atoms with E-state index in [9.17, 15) is 4.79 Å². The lowest BCUT2D eigenvalue weighted by atomic mass is 9.79. The Morgan fingerprint density at radius 1 is 1.21 bits per heavy atom. The van der Waals surface area contributed by atoms with Crippen LogP contribution in [-0.4, -0.2) is 53.0 Å². The van der Waals surface area contributed by atoms with Gasteiger partial charge in [0.25, 0.3) is 0 Å². The third-order valence-electron chi connectivity index (χ3n) is 6.27. The average molecular weight is 402 g/mol. The summed E-state index contributed by atoms with van der Waals surface area (Å²) in [6.45, 7) is 17.4. The topological polar surface area (TPSA) is 60.9 Å². The van der Waals surface area contributed by atoms with Gasteiger partial charge in [-0.05, 0) is 66.9 Å². The largest absolute Gasteiger partial charge is 0.496 e. The van der Waals surface area contributed by atoms with Crippen LogP contribution in [-0.2, 0) is 14.0 Å². The average Bonchev–Trinajstić information content (AvgIpc) is 2.81. The van der Waals surface area contributed by atoms with Gasteiger partial charge in [0.2, 0.25) is 0 Å². The number of amides is 1. The number of piperidine rings is 1. The molecule has 1 amide bonds. The molecule has 0 saturated carbocycles. The minimum absolute atomic E-state index is 0.230. The van der Waals surface area contributed by atoms with Crippen molar-refractivity contribution in [1.29, 1.82) is 0 Å². The van der Waals surface area contributed by atoms with Gasteiger partial charge in [-0.25, -0.2) is 4.79 Å². The SMILES string of the molecule is CC1CN(C(=O)OC(C)(C)C)CCC1c1ccc(B2OC(C)(C)C(C)(C)O2)cn1. The Kier molecular flexibility index (Phi) is 5.78.